The number of aliphatic hydroxyl groups excluding tert-OH is 1. The highest BCUT2D eigenvalue weighted by Crippen LogP contribution is 2.51. The number of piperazine rings is 1. The van der Waals surface area contributed by atoms with Crippen LogP contribution in [0.5, 0.6) is 0 Å². The van der Waals surface area contributed by atoms with Crippen molar-refractivity contribution in [3.63, 3.8) is 0 Å². The Morgan fingerprint density at radius 1 is 1.11 bits per heavy atom. The number of rotatable bonds is 15. The smallest absolute Gasteiger partial charge is 0.270 e. The number of nitrogens with one attached hydrogen (secondary N) is 3. The Morgan fingerprint density at radius 2 is 1.79 bits per heavy atom. The summed E-state index contributed by atoms with van der Waals surface area (Å²) in [6.07, 6.45) is 6.50. The summed E-state index contributed by atoms with van der Waals surface area (Å²) in [4.78, 5) is 61.1. The Morgan fingerprint density at radius 3 is 2.34 bits per heavy atom. The topological polar surface area (TPSA) is 169 Å². The van der Waals surface area contributed by atoms with Crippen molar-refractivity contribution in [2.75, 3.05) is 45.2 Å². The van der Waals surface area contributed by atoms with Crippen LogP contribution in [0.25, 0.3) is 0 Å². The fourth-order valence-electron chi connectivity index (χ4n) is 6.35. The summed E-state index contributed by atoms with van der Waals surface area (Å²) >= 11 is 0. The van der Waals surface area contributed by atoms with Crippen LogP contribution < -0.4 is 21.7 Å². The molecular formula is C34H50FN7O5. The number of carbonyl (C=O) groups is 4. The molecule has 0 unspecified atom stereocenters. The molecule has 0 spiro atoms. The second kappa shape index (κ2) is 16.3. The molecule has 2 aliphatic carbocycles. The quantitative estimate of drug-likeness (QED) is 0.179. The van der Waals surface area contributed by atoms with E-state index in [1.807, 2.05) is 14.0 Å². The van der Waals surface area contributed by atoms with Gasteiger partial charge in [-0.3, -0.25) is 24.2 Å². The number of carbonyl (C=O) groups excluding carboxylic acids is 4. The summed E-state index contributed by atoms with van der Waals surface area (Å²) in [7, 11) is 2.01. The molecule has 1 heterocycles. The van der Waals surface area contributed by atoms with Gasteiger partial charge >= 0.3 is 0 Å². The van der Waals surface area contributed by atoms with E-state index >= 15 is 4.39 Å². The normalized spacial score (nSPS) is 21.0. The van der Waals surface area contributed by atoms with Crippen LogP contribution in [0.15, 0.2) is 35.5 Å². The van der Waals surface area contributed by atoms with Gasteiger partial charge in [-0.1, -0.05) is 19.9 Å². The van der Waals surface area contributed by atoms with Crippen LogP contribution in [0.4, 0.5) is 10.1 Å². The minimum atomic E-state index is -0.928. The number of amides is 4. The molecule has 4 rings (SSSR count). The van der Waals surface area contributed by atoms with Crippen molar-refractivity contribution in [1.82, 2.24) is 20.4 Å². The van der Waals surface area contributed by atoms with Gasteiger partial charge in [0.1, 0.15) is 23.6 Å². The van der Waals surface area contributed by atoms with Gasteiger partial charge in [-0.25, -0.2) is 4.39 Å². The average molecular weight is 656 g/mol. The van der Waals surface area contributed by atoms with Crippen LogP contribution in [0.1, 0.15) is 64.4 Å². The van der Waals surface area contributed by atoms with Crippen molar-refractivity contribution in [2.24, 2.45) is 28.5 Å². The van der Waals surface area contributed by atoms with Crippen LogP contribution in [-0.2, 0) is 19.2 Å². The largest absolute Gasteiger partial charge is 0.405 e. The molecule has 258 valence electrons. The number of halogens is 1. The van der Waals surface area contributed by atoms with Gasteiger partial charge in [0.2, 0.25) is 17.7 Å². The number of nitrogens with zero attached hydrogens (tertiary/aromatic N) is 3. The van der Waals surface area contributed by atoms with Crippen molar-refractivity contribution in [3.05, 3.63) is 41.9 Å². The molecule has 1 aliphatic heterocycles. The number of hydrogen-bond donors (Lipinski definition) is 5. The molecule has 0 radical (unpaired) electrons. The maximum Gasteiger partial charge on any atom is 0.270 e. The molecule has 47 heavy (non-hydrogen) atoms. The van der Waals surface area contributed by atoms with E-state index < -0.39 is 35.6 Å². The third-order valence-corrected chi connectivity index (χ3v) is 9.61. The van der Waals surface area contributed by atoms with Crippen LogP contribution in [-0.4, -0.2) is 102 Å². The fraction of sp³-hybridized carbons (Fsp3) is 0.618. The van der Waals surface area contributed by atoms with Gasteiger partial charge in [0.05, 0.1) is 18.8 Å². The van der Waals surface area contributed by atoms with Crippen molar-refractivity contribution in [3.8, 4) is 0 Å². The molecule has 6 N–H and O–H groups in total. The Kier molecular flexibility index (Phi) is 12.5. The monoisotopic (exact) mass is 655 g/mol. The van der Waals surface area contributed by atoms with Gasteiger partial charge < -0.3 is 36.6 Å². The van der Waals surface area contributed by atoms with Crippen LogP contribution >= 0.6 is 0 Å². The van der Waals surface area contributed by atoms with E-state index in [0.717, 1.165) is 25.7 Å². The molecular weight excluding hydrogens is 605 g/mol. The molecule has 2 saturated carbocycles. The van der Waals surface area contributed by atoms with E-state index in [1.54, 1.807) is 24.8 Å². The van der Waals surface area contributed by atoms with Gasteiger partial charge in [-0.05, 0) is 87.4 Å². The Balaban J connectivity index is 1.54. The van der Waals surface area contributed by atoms with Gasteiger partial charge in [0.15, 0.2) is 0 Å². The molecule has 4 atom stereocenters. The SMILES string of the molecule is CCC(=O)N[C@@H](C(=O)N1CCN(C)[C@H](C)C1)[C@@H](C)c1ccc(NC(=O)[C@@H](NC(=O)C(/C=C\N)=NCCO)C(C2CC2)C2CC2)c(F)c1. The standard InChI is InChI=1S/C34H50FN7O5/c1-5-28(44)39-30(34(47)42-16-15-41(4)20(2)19-42)21(3)24-10-11-26(25(35)18-24)38-33(46)31(29(22-6-7-22)23-8-9-23)40-32(45)27(12-13-36)37-14-17-43/h10-13,18,20-23,29-31,43H,5-9,14-17,19,36H2,1-4H3,(H,38,46)(H,39,44)(H,40,45)/b13-12-,37-27?/t20-,21+,30-,31+/m1/s1. The minimum absolute atomic E-state index is 0.00229. The van der Waals surface area contributed by atoms with Gasteiger partial charge in [0, 0.05) is 38.0 Å². The number of anilines is 1. The Hall–Kier alpha value is -3.84. The maximum absolute atomic E-state index is 15.7. The number of hydrogen-bond acceptors (Lipinski definition) is 8. The number of nitrogens with two attached hydrogens (primary N) is 1. The Labute approximate surface area is 276 Å². The van der Waals surface area contributed by atoms with Crippen molar-refractivity contribution in [2.45, 2.75) is 76.9 Å². The second-order valence-corrected chi connectivity index (χ2v) is 13.1. The number of aliphatic hydroxyl groups is 1. The first-order valence-electron chi connectivity index (χ1n) is 16.7. The highest BCUT2D eigenvalue weighted by Gasteiger charge is 2.48. The van der Waals surface area contributed by atoms with Crippen molar-refractivity contribution < 1.29 is 28.7 Å². The van der Waals surface area contributed by atoms with Crippen molar-refractivity contribution in [1.29, 1.82) is 0 Å². The van der Waals surface area contributed by atoms with Crippen LogP contribution in [0.3, 0.4) is 0 Å². The molecule has 3 aliphatic rings. The predicted octanol–water partition coefficient (Wildman–Crippen LogP) is 1.75. The third-order valence-electron chi connectivity index (χ3n) is 9.61. The summed E-state index contributed by atoms with van der Waals surface area (Å²) in [6, 6.07) is 2.72. The predicted molar refractivity (Wildman–Crippen MR) is 178 cm³/mol. The van der Waals surface area contributed by atoms with E-state index in [-0.39, 0.29) is 66.6 Å². The molecule has 1 aromatic rings. The lowest BCUT2D eigenvalue weighted by Gasteiger charge is -2.40. The zero-order valence-corrected chi connectivity index (χ0v) is 27.9. The average Bonchev–Trinajstić information content (AvgIpc) is 3.99. The lowest BCUT2D eigenvalue weighted by molar-refractivity contribution is -0.139. The van der Waals surface area contributed by atoms with Crippen molar-refractivity contribution >= 4 is 35.0 Å². The summed E-state index contributed by atoms with van der Waals surface area (Å²) in [5.41, 5.74) is 5.93. The number of benzene rings is 1. The van der Waals surface area contributed by atoms with Crippen LogP contribution in [0.2, 0.25) is 0 Å². The first-order valence-corrected chi connectivity index (χ1v) is 16.7. The fourth-order valence-corrected chi connectivity index (χ4v) is 6.35. The first-order chi connectivity index (χ1) is 22.5. The van der Waals surface area contributed by atoms with E-state index in [4.69, 9.17) is 5.73 Å². The van der Waals surface area contributed by atoms with E-state index in [2.05, 4.69) is 25.8 Å². The van der Waals surface area contributed by atoms with E-state index in [0.29, 0.717) is 25.2 Å². The lowest BCUT2D eigenvalue weighted by atomic mass is 9.88. The number of aliphatic imine (C=N–C) groups is 1. The molecule has 1 saturated heterocycles. The summed E-state index contributed by atoms with van der Waals surface area (Å²) < 4.78 is 15.7. The molecule has 0 bridgehead atoms. The molecule has 0 aromatic heterocycles. The minimum Gasteiger partial charge on any atom is -0.405 e. The summed E-state index contributed by atoms with van der Waals surface area (Å²) in [5, 5.41) is 17.6. The molecule has 4 amide bonds. The molecule has 13 heteroatoms. The molecule has 3 fully saturated rings. The highest BCUT2D eigenvalue weighted by molar-refractivity contribution is 6.43. The van der Waals surface area contributed by atoms with Gasteiger partial charge in [-0.15, -0.1) is 0 Å². The molecule has 12 nitrogen and oxygen atoms in total. The molecule has 1 aromatic carbocycles. The summed E-state index contributed by atoms with van der Waals surface area (Å²) in [5.74, 6) is -2.41. The highest BCUT2D eigenvalue weighted by atomic mass is 19.1. The zero-order valence-electron chi connectivity index (χ0n) is 27.9. The van der Waals surface area contributed by atoms with Gasteiger partial charge in [-0.2, -0.15) is 0 Å². The zero-order chi connectivity index (χ0) is 34.2. The number of likely N-dealkylation sites (N-methyl/N-ethyl adjacent to an activating group) is 1. The lowest BCUT2D eigenvalue weighted by Crippen LogP contribution is -2.58. The maximum atomic E-state index is 15.7. The third kappa shape index (κ3) is 9.38. The summed E-state index contributed by atoms with van der Waals surface area (Å²) in [6.45, 7) is 7.04. The van der Waals surface area contributed by atoms with Gasteiger partial charge in [0.25, 0.3) is 5.91 Å². The Bertz CT molecular complexity index is 1350. The van der Waals surface area contributed by atoms with E-state index in [1.165, 1.54) is 24.4 Å². The van der Waals surface area contributed by atoms with E-state index in [9.17, 15) is 24.3 Å². The second-order valence-electron chi connectivity index (χ2n) is 13.1. The first kappa shape index (κ1) is 36.0. The van der Waals surface area contributed by atoms with Crippen LogP contribution in [0, 0.1) is 23.6 Å².